The molecule has 2 rings (SSSR count). The van der Waals surface area contributed by atoms with Crippen LogP contribution in [0.2, 0.25) is 54.4 Å². The maximum Gasteiger partial charge on any atom is 0.351 e. The van der Waals surface area contributed by atoms with Crippen molar-refractivity contribution in [2.45, 2.75) is 148 Å². The number of carboxylic acids is 1. The van der Waals surface area contributed by atoms with Gasteiger partial charge in [0, 0.05) is 12.7 Å². The highest BCUT2D eigenvalue weighted by Crippen LogP contribution is 2.46. The first-order valence-corrected chi connectivity index (χ1v) is 24.6. The third-order valence-electron chi connectivity index (χ3n) is 10.3. The fourth-order valence-electron chi connectivity index (χ4n) is 4.17. The molecule has 13 heteroatoms. The lowest BCUT2D eigenvalue weighted by molar-refractivity contribution is -0.135. The molecule has 1 N–H and O–H groups in total. The summed E-state index contributed by atoms with van der Waals surface area (Å²) >= 11 is 0. The van der Waals surface area contributed by atoms with Crippen LogP contribution in [0.1, 0.15) is 75.5 Å². The van der Waals surface area contributed by atoms with Crippen molar-refractivity contribution in [3.05, 3.63) is 22.7 Å². The highest BCUT2D eigenvalue weighted by atomic mass is 28.4. The number of hydrogen-bond donors (Lipinski definition) is 1. The van der Waals surface area contributed by atoms with Crippen molar-refractivity contribution in [1.29, 1.82) is 0 Å². The summed E-state index contributed by atoms with van der Waals surface area (Å²) in [5.74, 6) is -0.683. The Morgan fingerprint density at radius 1 is 0.909 bits per heavy atom. The van der Waals surface area contributed by atoms with Gasteiger partial charge in [-0.2, -0.15) is 4.98 Å². The van der Waals surface area contributed by atoms with Gasteiger partial charge in [0.05, 0.1) is 6.61 Å². The molecule has 1 fully saturated rings. The quantitative estimate of drug-likeness (QED) is 0.238. The Morgan fingerprint density at radius 3 is 1.80 bits per heavy atom. The summed E-state index contributed by atoms with van der Waals surface area (Å²) in [6.45, 7) is 35.4. The van der Waals surface area contributed by atoms with Crippen LogP contribution >= 0.6 is 0 Å². The van der Waals surface area contributed by atoms with E-state index >= 15 is 0 Å². The van der Waals surface area contributed by atoms with Gasteiger partial charge < -0.3 is 28.0 Å². The number of hydrogen-bond acceptors (Lipinski definition) is 8. The molecule has 0 aliphatic carbocycles. The van der Waals surface area contributed by atoms with Gasteiger partial charge in [0.1, 0.15) is 30.7 Å². The molecule has 0 bridgehead atoms. The molecule has 0 radical (unpaired) electrons. The topological polar surface area (TPSA) is 112 Å². The van der Waals surface area contributed by atoms with Gasteiger partial charge in [-0.1, -0.05) is 62.3 Å². The van der Waals surface area contributed by atoms with Crippen LogP contribution in [0.25, 0.3) is 0 Å². The SMILES string of the molecule is CCN(CC(=O)O)c1ccn([C@@H]2O[C@H](CO[Si](C)(C)C(C)(C)C)[C@@H](O[Si](C)(C)C(C)(C)C)[C@H]2O[Si](C)(C)C(C)(C)C)c(=O)n1. The normalized spacial score (nSPS) is 22.4. The van der Waals surface area contributed by atoms with E-state index in [2.05, 4.69) is 107 Å². The zero-order chi connectivity index (χ0) is 34.3. The zero-order valence-corrected chi connectivity index (χ0v) is 33.3. The van der Waals surface area contributed by atoms with E-state index in [1.807, 2.05) is 6.92 Å². The van der Waals surface area contributed by atoms with E-state index in [0.29, 0.717) is 19.0 Å². The third kappa shape index (κ3) is 8.91. The Labute approximate surface area is 269 Å². The summed E-state index contributed by atoms with van der Waals surface area (Å²) in [5.41, 5.74) is -0.530. The molecule has 1 aliphatic heterocycles. The number of likely N-dealkylation sites (N-methyl/N-ethyl adjacent to an activating group) is 1. The van der Waals surface area contributed by atoms with Crippen LogP contribution < -0.4 is 10.6 Å². The van der Waals surface area contributed by atoms with Gasteiger partial charge >= 0.3 is 11.7 Å². The minimum atomic E-state index is -2.38. The number of carbonyl (C=O) groups is 1. The Balaban J connectivity index is 2.70. The van der Waals surface area contributed by atoms with Gasteiger partial charge in [-0.3, -0.25) is 9.36 Å². The molecule has 0 unspecified atom stereocenters. The number of aromatic nitrogens is 2. The highest BCUT2D eigenvalue weighted by Gasteiger charge is 2.55. The largest absolute Gasteiger partial charge is 0.480 e. The van der Waals surface area contributed by atoms with Gasteiger partial charge in [0.25, 0.3) is 0 Å². The molecular weight excluding hydrogens is 611 g/mol. The summed E-state index contributed by atoms with van der Waals surface area (Å²) in [5, 5.41) is 9.19. The standard InChI is InChI=1S/C31H61N3O7Si3/c1-17-33(20-24(35)36)23-18-19-34(28(37)32-23)27-26(41-44(15,16)31(8,9)10)25(40-43(13,14)30(5,6)7)22(39-27)21-38-42(11,12)29(2,3)4/h18-19,22,25-27H,17,20-21H2,1-16H3,(H,35,36)/t22-,25-,26-,27-/m1/s1. The second kappa shape index (κ2) is 13.4. The Morgan fingerprint density at radius 2 is 1.39 bits per heavy atom. The van der Waals surface area contributed by atoms with E-state index in [4.69, 9.17) is 18.0 Å². The van der Waals surface area contributed by atoms with Crippen molar-refractivity contribution in [1.82, 2.24) is 9.55 Å². The number of carboxylic acid groups (broad SMARTS) is 1. The van der Waals surface area contributed by atoms with Crippen molar-refractivity contribution in [3.63, 3.8) is 0 Å². The Hall–Kier alpha value is -1.36. The zero-order valence-electron chi connectivity index (χ0n) is 30.3. The van der Waals surface area contributed by atoms with Gasteiger partial charge in [0.15, 0.2) is 31.2 Å². The van der Waals surface area contributed by atoms with E-state index in [1.165, 1.54) is 4.57 Å². The lowest BCUT2D eigenvalue weighted by atomic mass is 10.1. The molecule has 0 saturated carbocycles. The molecule has 10 nitrogen and oxygen atoms in total. The van der Waals surface area contributed by atoms with Crippen molar-refractivity contribution in [2.75, 3.05) is 24.6 Å². The van der Waals surface area contributed by atoms with Crippen LogP contribution in [-0.2, 0) is 22.8 Å². The smallest absolute Gasteiger partial charge is 0.351 e. The number of aliphatic carboxylic acids is 1. The lowest BCUT2D eigenvalue weighted by Crippen LogP contribution is -2.54. The first-order valence-electron chi connectivity index (χ1n) is 15.9. The van der Waals surface area contributed by atoms with E-state index in [0.717, 1.165) is 0 Å². The summed E-state index contributed by atoms with van der Waals surface area (Å²) in [4.78, 5) is 30.9. The molecule has 44 heavy (non-hydrogen) atoms. The lowest BCUT2D eigenvalue weighted by Gasteiger charge is -2.44. The van der Waals surface area contributed by atoms with Crippen molar-refractivity contribution in [3.8, 4) is 0 Å². The second-order valence-electron chi connectivity index (χ2n) is 16.7. The average molecular weight is 672 g/mol. The molecule has 1 aliphatic rings. The molecule has 0 aromatic carbocycles. The predicted molar refractivity (Wildman–Crippen MR) is 185 cm³/mol. The van der Waals surface area contributed by atoms with Crippen LogP contribution in [-0.4, -0.2) is 83.6 Å². The Bertz CT molecular complexity index is 1200. The number of anilines is 1. The van der Waals surface area contributed by atoms with E-state index in [1.54, 1.807) is 17.2 Å². The minimum absolute atomic E-state index is 0.00955. The van der Waals surface area contributed by atoms with Crippen LogP contribution in [0, 0.1) is 0 Å². The summed E-state index contributed by atoms with van der Waals surface area (Å²) < 4.78 is 29.2. The number of ether oxygens (including phenoxy) is 1. The number of nitrogens with zero attached hydrogens (tertiary/aromatic N) is 3. The average Bonchev–Trinajstić information content (AvgIpc) is 3.14. The maximum atomic E-state index is 13.6. The van der Waals surface area contributed by atoms with Gasteiger partial charge in [-0.25, -0.2) is 4.79 Å². The maximum absolute atomic E-state index is 13.6. The molecule has 1 saturated heterocycles. The van der Waals surface area contributed by atoms with E-state index < -0.39 is 61.2 Å². The predicted octanol–water partition coefficient (Wildman–Crippen LogP) is 6.85. The molecule has 2 heterocycles. The Kier molecular flexibility index (Phi) is 11.8. The summed E-state index contributed by atoms with van der Waals surface area (Å²) in [7, 11) is -6.85. The molecule has 1 aromatic rings. The molecule has 1 aromatic heterocycles. The highest BCUT2D eigenvalue weighted by molar-refractivity contribution is 6.75. The second-order valence-corrected chi connectivity index (χ2v) is 31.0. The monoisotopic (exact) mass is 671 g/mol. The first kappa shape index (κ1) is 38.8. The summed E-state index contributed by atoms with van der Waals surface area (Å²) in [6.07, 6.45) is -0.670. The van der Waals surface area contributed by atoms with Gasteiger partial charge in [-0.05, 0) is 67.4 Å². The third-order valence-corrected chi connectivity index (χ3v) is 23.7. The minimum Gasteiger partial charge on any atom is -0.480 e. The molecular formula is C31H61N3O7Si3. The van der Waals surface area contributed by atoms with Crippen LogP contribution in [0.5, 0.6) is 0 Å². The van der Waals surface area contributed by atoms with E-state index in [9.17, 15) is 14.7 Å². The first-order chi connectivity index (χ1) is 19.6. The van der Waals surface area contributed by atoms with Crippen LogP contribution in [0.4, 0.5) is 5.82 Å². The molecule has 4 atom stereocenters. The van der Waals surface area contributed by atoms with Crippen molar-refractivity contribution in [2.24, 2.45) is 0 Å². The van der Waals surface area contributed by atoms with Crippen LogP contribution in [0.15, 0.2) is 17.1 Å². The van der Waals surface area contributed by atoms with Crippen molar-refractivity contribution < 1.29 is 27.9 Å². The molecule has 254 valence electrons. The molecule has 0 spiro atoms. The fourth-order valence-corrected chi connectivity index (χ4v) is 7.78. The fraction of sp³-hybridized carbons (Fsp3) is 0.839. The van der Waals surface area contributed by atoms with Gasteiger partial charge in [-0.15, -0.1) is 0 Å². The van der Waals surface area contributed by atoms with Crippen molar-refractivity contribution >= 4 is 36.7 Å². The van der Waals surface area contributed by atoms with Gasteiger partial charge in [0.2, 0.25) is 0 Å². The van der Waals surface area contributed by atoms with Crippen LogP contribution in [0.3, 0.4) is 0 Å². The summed E-state index contributed by atoms with van der Waals surface area (Å²) in [6, 6.07) is 1.67. The number of rotatable bonds is 12. The van der Waals surface area contributed by atoms with E-state index in [-0.39, 0.29) is 21.7 Å². The molecule has 0 amide bonds.